The van der Waals surface area contributed by atoms with E-state index in [9.17, 15) is 19.8 Å². The lowest BCUT2D eigenvalue weighted by Crippen LogP contribution is -2.13. The van der Waals surface area contributed by atoms with Crippen LogP contribution in [0.5, 0.6) is 5.75 Å². The Labute approximate surface area is 190 Å². The van der Waals surface area contributed by atoms with Crippen LogP contribution in [-0.4, -0.2) is 29.3 Å². The van der Waals surface area contributed by atoms with Gasteiger partial charge in [-0.2, -0.15) is 0 Å². The van der Waals surface area contributed by atoms with Crippen LogP contribution in [-0.2, 0) is 17.8 Å². The van der Waals surface area contributed by atoms with Crippen LogP contribution in [0.15, 0.2) is 60.7 Å². The summed E-state index contributed by atoms with van der Waals surface area (Å²) >= 11 is 6.20. The molecule has 0 aliphatic rings. The van der Waals surface area contributed by atoms with Crippen molar-refractivity contribution in [3.05, 3.63) is 76.8 Å². The van der Waals surface area contributed by atoms with Crippen molar-refractivity contribution in [3.8, 4) is 16.9 Å². The number of carbonyl (C=O) groups is 2. The van der Waals surface area contributed by atoms with Crippen LogP contribution in [0, 0.1) is 0 Å². The summed E-state index contributed by atoms with van der Waals surface area (Å²) in [7, 11) is 1.47. The third-order valence-electron chi connectivity index (χ3n) is 4.87. The number of hydrogen-bond acceptors (Lipinski definition) is 4. The molecule has 32 heavy (non-hydrogen) atoms. The molecule has 2 amide bonds. The number of aliphatic hydroxyl groups is 1. The molecule has 3 aromatic rings. The Morgan fingerprint density at radius 3 is 2.41 bits per heavy atom. The number of methoxy groups -OCH3 is 1. The van der Waals surface area contributed by atoms with E-state index < -0.39 is 6.09 Å². The summed E-state index contributed by atoms with van der Waals surface area (Å²) in [6, 6.07) is 18.0. The van der Waals surface area contributed by atoms with Gasteiger partial charge in [0.15, 0.2) is 0 Å². The smallest absolute Gasteiger partial charge is 0.409 e. The molecule has 0 atom stereocenters. The van der Waals surface area contributed by atoms with Gasteiger partial charge in [0.1, 0.15) is 5.75 Å². The molecule has 0 aliphatic carbocycles. The maximum Gasteiger partial charge on any atom is 0.409 e. The molecule has 3 aromatic carbocycles. The zero-order chi connectivity index (χ0) is 23.1. The highest BCUT2D eigenvalue weighted by atomic mass is 35.5. The molecule has 0 aliphatic heterocycles. The summed E-state index contributed by atoms with van der Waals surface area (Å²) in [5, 5.41) is 24.0. The molecule has 7 nitrogen and oxygen atoms in total. The lowest BCUT2D eigenvalue weighted by atomic mass is 9.99. The molecule has 8 heteroatoms. The highest BCUT2D eigenvalue weighted by Crippen LogP contribution is 2.32. The molecule has 0 heterocycles. The second kappa shape index (κ2) is 10.7. The van der Waals surface area contributed by atoms with Crippen molar-refractivity contribution in [1.29, 1.82) is 0 Å². The first-order valence-corrected chi connectivity index (χ1v) is 10.2. The van der Waals surface area contributed by atoms with E-state index in [4.69, 9.17) is 16.3 Å². The number of anilines is 2. The molecule has 0 fully saturated rings. The van der Waals surface area contributed by atoms with Crippen LogP contribution in [0.1, 0.15) is 17.5 Å². The van der Waals surface area contributed by atoms with E-state index >= 15 is 0 Å². The molecule has 0 unspecified atom stereocenters. The normalized spacial score (nSPS) is 10.5. The largest absolute Gasteiger partial charge is 0.496 e. The Balaban J connectivity index is 1.73. The molecule has 0 saturated carbocycles. The summed E-state index contributed by atoms with van der Waals surface area (Å²) in [5.74, 6) is 0.165. The number of aliphatic hydroxyl groups excluding tert-OH is 1. The summed E-state index contributed by atoms with van der Waals surface area (Å²) in [6.07, 6.45) is -0.594. The van der Waals surface area contributed by atoms with E-state index in [2.05, 4.69) is 10.6 Å². The number of ether oxygens (including phenoxy) is 1. The van der Waals surface area contributed by atoms with Gasteiger partial charge in [0.05, 0.1) is 30.1 Å². The summed E-state index contributed by atoms with van der Waals surface area (Å²) in [6.45, 7) is -0.233. The number of benzene rings is 3. The maximum atomic E-state index is 12.5. The SMILES string of the molecule is COc1cc(NC(=O)CCc2ccc(-c3ccccc3)c(NC(=O)O)c2)c(Cl)cc1CO. The zero-order valence-electron chi connectivity index (χ0n) is 17.4. The molecule has 0 aromatic heterocycles. The van der Waals surface area contributed by atoms with E-state index in [-0.39, 0.29) is 18.9 Å². The van der Waals surface area contributed by atoms with Gasteiger partial charge in [0, 0.05) is 23.6 Å². The number of carboxylic acid groups (broad SMARTS) is 1. The van der Waals surface area contributed by atoms with Gasteiger partial charge in [-0.3, -0.25) is 10.1 Å². The van der Waals surface area contributed by atoms with E-state index in [0.717, 1.165) is 16.7 Å². The van der Waals surface area contributed by atoms with Crippen molar-refractivity contribution in [2.24, 2.45) is 0 Å². The number of aryl methyl sites for hydroxylation is 1. The van der Waals surface area contributed by atoms with Crippen LogP contribution < -0.4 is 15.4 Å². The third-order valence-corrected chi connectivity index (χ3v) is 5.18. The average Bonchev–Trinajstić information content (AvgIpc) is 2.79. The highest BCUT2D eigenvalue weighted by molar-refractivity contribution is 6.33. The molecule has 4 N–H and O–H groups in total. The number of amides is 2. The molecule has 166 valence electrons. The van der Waals surface area contributed by atoms with Crippen molar-refractivity contribution < 1.29 is 24.5 Å². The Hall–Kier alpha value is -3.55. The zero-order valence-corrected chi connectivity index (χ0v) is 18.1. The van der Waals surface area contributed by atoms with Crippen molar-refractivity contribution in [1.82, 2.24) is 0 Å². The number of carbonyl (C=O) groups excluding carboxylic acids is 1. The van der Waals surface area contributed by atoms with Crippen LogP contribution in [0.4, 0.5) is 16.2 Å². The fourth-order valence-corrected chi connectivity index (χ4v) is 3.54. The van der Waals surface area contributed by atoms with Gasteiger partial charge < -0.3 is 20.3 Å². The van der Waals surface area contributed by atoms with Gasteiger partial charge in [-0.05, 0) is 29.7 Å². The molecule has 0 bridgehead atoms. The van der Waals surface area contributed by atoms with E-state index in [1.165, 1.54) is 7.11 Å². The predicted octanol–water partition coefficient (Wildman–Crippen LogP) is 5.17. The van der Waals surface area contributed by atoms with E-state index in [1.54, 1.807) is 18.2 Å². The number of nitrogens with one attached hydrogen (secondary N) is 2. The predicted molar refractivity (Wildman–Crippen MR) is 124 cm³/mol. The average molecular weight is 455 g/mol. The summed E-state index contributed by atoms with van der Waals surface area (Å²) in [5.41, 5.74) is 3.81. The maximum absolute atomic E-state index is 12.5. The second-order valence-corrected chi connectivity index (χ2v) is 7.43. The van der Waals surface area contributed by atoms with Crippen molar-refractivity contribution in [2.75, 3.05) is 17.7 Å². The van der Waals surface area contributed by atoms with Gasteiger partial charge in [-0.25, -0.2) is 4.79 Å². The van der Waals surface area contributed by atoms with Crippen molar-refractivity contribution in [2.45, 2.75) is 19.4 Å². The van der Waals surface area contributed by atoms with Crippen LogP contribution in [0.3, 0.4) is 0 Å². The van der Waals surface area contributed by atoms with Gasteiger partial charge in [-0.1, -0.05) is 54.1 Å². The quantitative estimate of drug-likeness (QED) is 0.375. The first-order valence-electron chi connectivity index (χ1n) is 9.86. The van der Waals surface area contributed by atoms with Gasteiger partial charge in [0.2, 0.25) is 5.91 Å². The minimum atomic E-state index is -1.16. The van der Waals surface area contributed by atoms with Crippen LogP contribution in [0.25, 0.3) is 11.1 Å². The first-order chi connectivity index (χ1) is 15.4. The molecular formula is C24H23ClN2O5. The van der Waals surface area contributed by atoms with Gasteiger partial charge in [0.25, 0.3) is 0 Å². The van der Waals surface area contributed by atoms with Gasteiger partial charge in [-0.15, -0.1) is 0 Å². The Morgan fingerprint density at radius 1 is 1.00 bits per heavy atom. The number of halogens is 1. The fraction of sp³-hybridized carbons (Fsp3) is 0.167. The van der Waals surface area contributed by atoms with Crippen LogP contribution >= 0.6 is 11.6 Å². The monoisotopic (exact) mass is 454 g/mol. The molecule has 3 rings (SSSR count). The standard InChI is InChI=1S/C24H23ClN2O5/c1-32-22-13-21(19(25)12-17(22)14-28)26-23(29)10-8-15-7-9-18(16-5-3-2-4-6-16)20(11-15)27-24(30)31/h2-7,9,11-13,27-28H,8,10,14H2,1H3,(H,26,29)(H,30,31). The fourth-order valence-electron chi connectivity index (χ4n) is 3.31. The Kier molecular flexibility index (Phi) is 7.70. The number of rotatable bonds is 8. The second-order valence-electron chi connectivity index (χ2n) is 7.03. The van der Waals surface area contributed by atoms with Crippen LogP contribution in [0.2, 0.25) is 5.02 Å². The molecular weight excluding hydrogens is 432 g/mol. The molecule has 0 saturated heterocycles. The van der Waals surface area contributed by atoms with E-state index in [1.807, 2.05) is 42.5 Å². The minimum absolute atomic E-state index is 0.164. The highest BCUT2D eigenvalue weighted by Gasteiger charge is 2.13. The molecule has 0 spiro atoms. The topological polar surface area (TPSA) is 108 Å². The Bertz CT molecular complexity index is 1120. The van der Waals surface area contributed by atoms with Crippen molar-refractivity contribution in [3.63, 3.8) is 0 Å². The third kappa shape index (κ3) is 5.78. The lowest BCUT2D eigenvalue weighted by Gasteiger charge is -2.13. The minimum Gasteiger partial charge on any atom is -0.496 e. The first kappa shape index (κ1) is 23.1. The summed E-state index contributed by atoms with van der Waals surface area (Å²) < 4.78 is 5.21. The van der Waals surface area contributed by atoms with Crippen molar-refractivity contribution >= 4 is 35.0 Å². The Morgan fingerprint density at radius 2 is 1.75 bits per heavy atom. The van der Waals surface area contributed by atoms with E-state index in [0.29, 0.717) is 34.1 Å². The molecule has 0 radical (unpaired) electrons. The summed E-state index contributed by atoms with van der Waals surface area (Å²) in [4.78, 5) is 23.7. The van der Waals surface area contributed by atoms with Gasteiger partial charge >= 0.3 is 6.09 Å². The lowest BCUT2D eigenvalue weighted by molar-refractivity contribution is -0.116. The number of hydrogen-bond donors (Lipinski definition) is 4.